The van der Waals surface area contributed by atoms with Crippen molar-refractivity contribution in [3.8, 4) is 0 Å². The highest BCUT2D eigenvalue weighted by Crippen LogP contribution is 2.58. The average molecular weight is 341 g/mol. The van der Waals surface area contributed by atoms with E-state index in [9.17, 15) is 9.59 Å². The van der Waals surface area contributed by atoms with E-state index >= 15 is 0 Å². The van der Waals surface area contributed by atoms with Gasteiger partial charge >= 0.3 is 10.8 Å². The van der Waals surface area contributed by atoms with Crippen molar-refractivity contribution >= 4 is 29.1 Å². The molecule has 3 rings (SSSR count). The van der Waals surface area contributed by atoms with Crippen molar-refractivity contribution in [2.45, 2.75) is 68.7 Å². The normalized spacial score (nSPS) is 29.7. The zero-order valence-corrected chi connectivity index (χ0v) is 14.9. The summed E-state index contributed by atoms with van der Waals surface area (Å²) < 4.78 is 1.81. The highest BCUT2D eigenvalue weighted by atomic mass is 32.2. The summed E-state index contributed by atoms with van der Waals surface area (Å²) in [6.07, 6.45) is 3.66. The zero-order valence-electron chi connectivity index (χ0n) is 13.3. The Kier molecular flexibility index (Phi) is 4.18. The minimum atomic E-state index is -0.851. The second kappa shape index (κ2) is 5.71. The summed E-state index contributed by atoms with van der Waals surface area (Å²) in [6, 6.07) is 0. The second-order valence-electron chi connectivity index (χ2n) is 7.17. The van der Waals surface area contributed by atoms with Gasteiger partial charge in [0.25, 0.3) is 0 Å². The third-order valence-corrected chi connectivity index (χ3v) is 7.83. The molecule has 4 nitrogen and oxygen atoms in total. The third kappa shape index (κ3) is 2.75. The third-order valence-electron chi connectivity index (χ3n) is 5.12. The van der Waals surface area contributed by atoms with Crippen LogP contribution in [0, 0.1) is 11.8 Å². The van der Waals surface area contributed by atoms with Gasteiger partial charge in [0.05, 0.1) is 11.4 Å². The molecule has 2 aliphatic rings. The largest absolute Gasteiger partial charge is 0.481 e. The number of aromatic nitrogens is 1. The first kappa shape index (κ1) is 16.1. The molecule has 2 heterocycles. The van der Waals surface area contributed by atoms with Gasteiger partial charge in [-0.2, -0.15) is 0 Å². The number of thioether (sulfide) groups is 1. The number of fused-ring (bicyclic) bond motifs is 3. The molecule has 22 heavy (non-hydrogen) atoms. The average Bonchev–Trinajstić information content (AvgIpc) is 2.71. The smallest absolute Gasteiger partial charge is 0.308 e. The molecule has 0 spiro atoms. The zero-order chi connectivity index (χ0) is 16.1. The molecule has 1 aromatic heterocycles. The molecule has 0 unspecified atom stereocenters. The summed E-state index contributed by atoms with van der Waals surface area (Å²) in [6.45, 7) is 7.14. The predicted octanol–water partition coefficient (Wildman–Crippen LogP) is 3.79. The first-order valence-electron chi connectivity index (χ1n) is 7.94. The van der Waals surface area contributed by atoms with Gasteiger partial charge in [0.2, 0.25) is 0 Å². The lowest BCUT2D eigenvalue weighted by Gasteiger charge is -2.47. The van der Waals surface area contributed by atoms with E-state index in [4.69, 9.17) is 5.11 Å². The molecule has 1 fully saturated rings. The molecule has 3 atom stereocenters. The summed E-state index contributed by atoms with van der Waals surface area (Å²) in [5.74, 6) is 0.944. The van der Waals surface area contributed by atoms with Gasteiger partial charge in [-0.15, -0.1) is 11.8 Å². The fourth-order valence-corrected chi connectivity index (χ4v) is 6.84. The Hall–Kier alpha value is -0.750. The Morgan fingerprint density at radius 1 is 1.41 bits per heavy atom. The van der Waals surface area contributed by atoms with Crippen molar-refractivity contribution in [1.82, 2.24) is 4.57 Å². The number of thiazole rings is 1. The maximum atomic E-state index is 12.4. The van der Waals surface area contributed by atoms with Crippen LogP contribution in [0.5, 0.6) is 0 Å². The Bertz CT molecular complexity index is 646. The molecule has 0 saturated heterocycles. The number of aliphatic carboxylic acids is 1. The van der Waals surface area contributed by atoms with Crippen molar-refractivity contribution in [1.29, 1.82) is 0 Å². The van der Waals surface area contributed by atoms with Gasteiger partial charge in [0.15, 0.2) is 0 Å². The molecule has 6 heteroatoms. The molecule has 0 aromatic carbocycles. The highest BCUT2D eigenvalue weighted by molar-refractivity contribution is 8.00. The fourth-order valence-electron chi connectivity index (χ4n) is 3.98. The number of carboxylic acid groups (broad SMARTS) is 1. The van der Waals surface area contributed by atoms with Gasteiger partial charge in [-0.3, -0.25) is 14.2 Å². The first-order valence-corrected chi connectivity index (χ1v) is 9.57. The van der Waals surface area contributed by atoms with Crippen LogP contribution >= 0.6 is 23.1 Å². The number of hydrogen-bond donors (Lipinski definition) is 1. The molecule has 1 saturated carbocycles. The molecule has 1 N–H and O–H groups in total. The number of carboxylic acids is 1. The quantitative estimate of drug-likeness (QED) is 0.909. The van der Waals surface area contributed by atoms with Crippen molar-refractivity contribution < 1.29 is 9.90 Å². The maximum Gasteiger partial charge on any atom is 0.308 e. The topological polar surface area (TPSA) is 59.3 Å². The monoisotopic (exact) mass is 341 g/mol. The minimum Gasteiger partial charge on any atom is -0.481 e. The van der Waals surface area contributed by atoms with Crippen LogP contribution in [0.3, 0.4) is 0 Å². The summed E-state index contributed by atoms with van der Waals surface area (Å²) >= 11 is 3.13. The molecular weight excluding hydrogens is 318 g/mol. The van der Waals surface area contributed by atoms with E-state index in [0.717, 1.165) is 11.4 Å². The highest BCUT2D eigenvalue weighted by Gasteiger charge is 2.47. The summed E-state index contributed by atoms with van der Waals surface area (Å²) in [5.41, 5.74) is 0. The van der Waals surface area contributed by atoms with E-state index in [-0.39, 0.29) is 22.6 Å². The standard InChI is InChI=1S/C16H23NO3S2/c1-9-4-5-11-10(8-9)13-14(22-16(11,2)3)17(15(20)21-13)7-6-12(18)19/h9-11H,4-8H2,1-3H3,(H,18,19)/t9-,10+,11-/m1/s1. The van der Waals surface area contributed by atoms with Gasteiger partial charge in [0, 0.05) is 22.1 Å². The first-order chi connectivity index (χ1) is 10.3. The SMILES string of the molecule is C[C@@H]1CC[C@@H]2[C@H](C1)c1sc(=O)n(CCC(=O)O)c1SC2(C)C. The molecule has 0 radical (unpaired) electrons. The Morgan fingerprint density at radius 3 is 2.82 bits per heavy atom. The molecule has 1 aliphatic heterocycles. The van der Waals surface area contributed by atoms with Crippen molar-refractivity contribution in [2.24, 2.45) is 11.8 Å². The maximum absolute atomic E-state index is 12.4. The number of rotatable bonds is 3. The minimum absolute atomic E-state index is 0.00780. The van der Waals surface area contributed by atoms with E-state index < -0.39 is 5.97 Å². The Balaban J connectivity index is 2.01. The van der Waals surface area contributed by atoms with Gasteiger partial charge in [0.1, 0.15) is 0 Å². The fraction of sp³-hybridized carbons (Fsp3) is 0.750. The summed E-state index contributed by atoms with van der Waals surface area (Å²) in [5, 5.41) is 9.95. The van der Waals surface area contributed by atoms with E-state index in [0.29, 0.717) is 17.8 Å². The van der Waals surface area contributed by atoms with Crippen molar-refractivity contribution in [3.63, 3.8) is 0 Å². The number of hydrogen-bond acceptors (Lipinski definition) is 4. The van der Waals surface area contributed by atoms with Crippen LogP contribution in [0.4, 0.5) is 0 Å². The molecule has 122 valence electrons. The van der Waals surface area contributed by atoms with Crippen LogP contribution in [-0.4, -0.2) is 20.4 Å². The molecule has 1 aliphatic carbocycles. The lowest BCUT2D eigenvalue weighted by molar-refractivity contribution is -0.137. The lowest BCUT2D eigenvalue weighted by Crippen LogP contribution is -2.39. The number of carbonyl (C=O) groups is 1. The Labute approximate surface area is 138 Å². The van der Waals surface area contributed by atoms with Gasteiger partial charge in [-0.25, -0.2) is 0 Å². The van der Waals surface area contributed by atoms with Crippen LogP contribution in [0.1, 0.15) is 57.2 Å². The molecule has 1 aromatic rings. The predicted molar refractivity (Wildman–Crippen MR) is 90.0 cm³/mol. The van der Waals surface area contributed by atoms with Crippen molar-refractivity contribution in [3.05, 3.63) is 14.5 Å². The Morgan fingerprint density at radius 2 is 2.14 bits per heavy atom. The van der Waals surface area contributed by atoms with Crippen LogP contribution in [-0.2, 0) is 11.3 Å². The van der Waals surface area contributed by atoms with Gasteiger partial charge < -0.3 is 5.11 Å². The van der Waals surface area contributed by atoms with Crippen LogP contribution in [0.2, 0.25) is 0 Å². The second-order valence-corrected chi connectivity index (χ2v) is 9.81. The molecule has 0 amide bonds. The summed E-state index contributed by atoms with van der Waals surface area (Å²) in [4.78, 5) is 24.4. The molecular formula is C16H23NO3S2. The van der Waals surface area contributed by atoms with E-state index in [1.54, 1.807) is 16.3 Å². The van der Waals surface area contributed by atoms with Crippen LogP contribution < -0.4 is 4.87 Å². The van der Waals surface area contributed by atoms with Crippen LogP contribution in [0.25, 0.3) is 0 Å². The van der Waals surface area contributed by atoms with E-state index in [2.05, 4.69) is 20.8 Å². The summed E-state index contributed by atoms with van der Waals surface area (Å²) in [7, 11) is 0. The van der Waals surface area contributed by atoms with Crippen LogP contribution in [0.15, 0.2) is 9.82 Å². The number of nitrogens with zero attached hydrogens (tertiary/aromatic N) is 1. The van der Waals surface area contributed by atoms with E-state index in [1.807, 2.05) is 0 Å². The van der Waals surface area contributed by atoms with Gasteiger partial charge in [-0.05, 0) is 24.7 Å². The van der Waals surface area contributed by atoms with E-state index in [1.165, 1.54) is 29.1 Å². The van der Waals surface area contributed by atoms with Crippen molar-refractivity contribution in [2.75, 3.05) is 0 Å². The molecule has 0 bridgehead atoms. The lowest BCUT2D eigenvalue weighted by atomic mass is 9.69. The van der Waals surface area contributed by atoms with Gasteiger partial charge in [-0.1, -0.05) is 38.5 Å².